The Hall–Kier alpha value is -0.770. The summed E-state index contributed by atoms with van der Waals surface area (Å²) in [5.41, 5.74) is 7.73. The smallest absolute Gasteiger partial charge is 0.0773 e. The van der Waals surface area contributed by atoms with Crippen LogP contribution in [0.3, 0.4) is 0 Å². The van der Waals surface area contributed by atoms with Gasteiger partial charge in [0.2, 0.25) is 0 Å². The molecule has 1 saturated carbocycles. The summed E-state index contributed by atoms with van der Waals surface area (Å²) >= 11 is 3.49. The standard InChI is InChI=1S/C11H16BrN3/c1-15(7-8-3-2-4-8)11-9(12)5-14-6-10(11)13/h5-6,8H,2-4,7,13H2,1H3. The van der Waals surface area contributed by atoms with Crippen molar-refractivity contribution in [3.05, 3.63) is 16.9 Å². The van der Waals surface area contributed by atoms with Crippen LogP contribution in [0.1, 0.15) is 19.3 Å². The van der Waals surface area contributed by atoms with E-state index in [1.165, 1.54) is 19.3 Å². The summed E-state index contributed by atoms with van der Waals surface area (Å²) < 4.78 is 0.976. The number of halogens is 1. The van der Waals surface area contributed by atoms with Gasteiger partial charge in [-0.25, -0.2) is 0 Å². The summed E-state index contributed by atoms with van der Waals surface area (Å²) in [7, 11) is 2.09. The Labute approximate surface area is 98.8 Å². The average Bonchev–Trinajstić information content (AvgIpc) is 2.11. The second kappa shape index (κ2) is 4.39. The Morgan fingerprint density at radius 2 is 2.27 bits per heavy atom. The van der Waals surface area contributed by atoms with Gasteiger partial charge >= 0.3 is 0 Å². The van der Waals surface area contributed by atoms with Crippen LogP contribution in [0.2, 0.25) is 0 Å². The molecule has 0 radical (unpaired) electrons. The van der Waals surface area contributed by atoms with Crippen molar-refractivity contribution in [2.24, 2.45) is 5.92 Å². The van der Waals surface area contributed by atoms with Crippen LogP contribution < -0.4 is 10.6 Å². The number of hydrogen-bond acceptors (Lipinski definition) is 3. The summed E-state index contributed by atoms with van der Waals surface area (Å²) in [4.78, 5) is 6.27. The van der Waals surface area contributed by atoms with Crippen LogP contribution in [0.4, 0.5) is 11.4 Å². The molecule has 4 heteroatoms. The molecular weight excluding hydrogens is 254 g/mol. The molecule has 0 aromatic carbocycles. The van der Waals surface area contributed by atoms with Crippen LogP contribution in [0.25, 0.3) is 0 Å². The number of nitrogen functional groups attached to an aromatic ring is 1. The van der Waals surface area contributed by atoms with Gasteiger partial charge in [0.15, 0.2) is 0 Å². The summed E-state index contributed by atoms with van der Waals surface area (Å²) in [6, 6.07) is 0. The molecule has 82 valence electrons. The molecule has 2 rings (SSSR count). The highest BCUT2D eigenvalue weighted by molar-refractivity contribution is 9.10. The molecule has 0 saturated heterocycles. The second-order valence-corrected chi connectivity index (χ2v) is 5.09. The molecule has 0 aliphatic heterocycles. The molecule has 1 aromatic rings. The van der Waals surface area contributed by atoms with Gasteiger partial charge in [-0.3, -0.25) is 4.98 Å². The van der Waals surface area contributed by atoms with E-state index in [9.17, 15) is 0 Å². The Balaban J connectivity index is 2.12. The van der Waals surface area contributed by atoms with Crippen LogP contribution in [0.15, 0.2) is 16.9 Å². The summed E-state index contributed by atoms with van der Waals surface area (Å²) in [5, 5.41) is 0. The molecule has 2 N–H and O–H groups in total. The van der Waals surface area contributed by atoms with Crippen LogP contribution in [-0.2, 0) is 0 Å². The second-order valence-electron chi connectivity index (χ2n) is 4.24. The van der Waals surface area contributed by atoms with E-state index in [0.29, 0.717) is 0 Å². The number of hydrogen-bond donors (Lipinski definition) is 1. The van der Waals surface area contributed by atoms with Gasteiger partial charge in [-0.2, -0.15) is 0 Å². The van der Waals surface area contributed by atoms with E-state index in [2.05, 4.69) is 32.9 Å². The van der Waals surface area contributed by atoms with E-state index in [-0.39, 0.29) is 0 Å². The van der Waals surface area contributed by atoms with E-state index in [0.717, 1.165) is 28.3 Å². The predicted molar refractivity (Wildman–Crippen MR) is 67.0 cm³/mol. The van der Waals surface area contributed by atoms with Crippen LogP contribution >= 0.6 is 15.9 Å². The molecule has 0 bridgehead atoms. The lowest BCUT2D eigenvalue weighted by Crippen LogP contribution is -2.30. The number of aromatic nitrogens is 1. The first kappa shape index (κ1) is 10.7. The maximum Gasteiger partial charge on any atom is 0.0773 e. The lowest BCUT2D eigenvalue weighted by atomic mass is 9.85. The molecule has 1 aliphatic rings. The highest BCUT2D eigenvalue weighted by Gasteiger charge is 2.20. The summed E-state index contributed by atoms with van der Waals surface area (Å²) in [6.45, 7) is 1.09. The Morgan fingerprint density at radius 1 is 1.53 bits per heavy atom. The number of pyridine rings is 1. The van der Waals surface area contributed by atoms with Crippen molar-refractivity contribution in [2.45, 2.75) is 19.3 Å². The highest BCUT2D eigenvalue weighted by atomic mass is 79.9. The SMILES string of the molecule is CN(CC1CCC1)c1c(N)cncc1Br. The van der Waals surface area contributed by atoms with E-state index in [1.807, 2.05) is 0 Å². The van der Waals surface area contributed by atoms with E-state index < -0.39 is 0 Å². The van der Waals surface area contributed by atoms with Crippen molar-refractivity contribution in [2.75, 3.05) is 24.2 Å². The molecule has 0 atom stereocenters. The predicted octanol–water partition coefficient (Wildman–Crippen LogP) is 2.66. The van der Waals surface area contributed by atoms with Gasteiger partial charge in [-0.05, 0) is 34.7 Å². The minimum Gasteiger partial charge on any atom is -0.396 e. The first-order valence-electron chi connectivity index (χ1n) is 5.28. The number of anilines is 2. The highest BCUT2D eigenvalue weighted by Crippen LogP contribution is 2.33. The third-order valence-corrected chi connectivity index (χ3v) is 3.62. The number of nitrogens with zero attached hydrogens (tertiary/aromatic N) is 2. The fourth-order valence-electron chi connectivity index (χ4n) is 2.00. The van der Waals surface area contributed by atoms with Gasteiger partial charge in [-0.15, -0.1) is 0 Å². The molecular formula is C11H16BrN3. The molecule has 0 amide bonds. The first-order chi connectivity index (χ1) is 7.18. The fourth-order valence-corrected chi connectivity index (χ4v) is 2.65. The molecule has 3 nitrogen and oxygen atoms in total. The molecule has 1 heterocycles. The third kappa shape index (κ3) is 2.25. The lowest BCUT2D eigenvalue weighted by Gasteiger charge is -2.32. The normalized spacial score (nSPS) is 16.1. The van der Waals surface area contributed by atoms with Crippen molar-refractivity contribution in [1.29, 1.82) is 0 Å². The van der Waals surface area contributed by atoms with Crippen molar-refractivity contribution in [3.8, 4) is 0 Å². The topological polar surface area (TPSA) is 42.1 Å². The average molecular weight is 270 g/mol. The van der Waals surface area contributed by atoms with Gasteiger partial charge in [0, 0.05) is 19.8 Å². The van der Waals surface area contributed by atoms with Gasteiger partial charge < -0.3 is 10.6 Å². The van der Waals surface area contributed by atoms with Crippen molar-refractivity contribution in [1.82, 2.24) is 4.98 Å². The Bertz CT molecular complexity index is 329. The maximum absolute atomic E-state index is 5.92. The van der Waals surface area contributed by atoms with Crippen molar-refractivity contribution < 1.29 is 0 Å². The van der Waals surface area contributed by atoms with Gasteiger partial charge in [0.25, 0.3) is 0 Å². The zero-order chi connectivity index (χ0) is 10.8. The molecule has 15 heavy (non-hydrogen) atoms. The zero-order valence-corrected chi connectivity index (χ0v) is 10.5. The molecule has 0 spiro atoms. The van der Waals surface area contributed by atoms with Crippen LogP contribution in [0, 0.1) is 5.92 Å². The van der Waals surface area contributed by atoms with E-state index >= 15 is 0 Å². The maximum atomic E-state index is 5.92. The van der Waals surface area contributed by atoms with Crippen molar-refractivity contribution >= 4 is 27.3 Å². The van der Waals surface area contributed by atoms with Crippen LogP contribution in [0.5, 0.6) is 0 Å². The number of rotatable bonds is 3. The van der Waals surface area contributed by atoms with Gasteiger partial charge in [0.05, 0.1) is 22.0 Å². The molecule has 0 unspecified atom stereocenters. The monoisotopic (exact) mass is 269 g/mol. The zero-order valence-electron chi connectivity index (χ0n) is 8.91. The minimum absolute atomic E-state index is 0.742. The van der Waals surface area contributed by atoms with Gasteiger partial charge in [0.1, 0.15) is 0 Å². The van der Waals surface area contributed by atoms with Crippen LogP contribution in [-0.4, -0.2) is 18.6 Å². The molecule has 1 aromatic heterocycles. The quantitative estimate of drug-likeness (QED) is 0.918. The molecule has 1 fully saturated rings. The van der Waals surface area contributed by atoms with Gasteiger partial charge in [-0.1, -0.05) is 6.42 Å². The summed E-state index contributed by atoms with van der Waals surface area (Å²) in [6.07, 6.45) is 7.59. The largest absolute Gasteiger partial charge is 0.396 e. The third-order valence-electron chi connectivity index (χ3n) is 3.04. The van der Waals surface area contributed by atoms with E-state index in [1.54, 1.807) is 12.4 Å². The summed E-state index contributed by atoms with van der Waals surface area (Å²) in [5.74, 6) is 0.842. The first-order valence-corrected chi connectivity index (χ1v) is 6.08. The van der Waals surface area contributed by atoms with E-state index in [4.69, 9.17) is 5.73 Å². The molecule has 1 aliphatic carbocycles. The Morgan fingerprint density at radius 3 is 2.80 bits per heavy atom. The fraction of sp³-hybridized carbons (Fsp3) is 0.545. The lowest BCUT2D eigenvalue weighted by molar-refractivity contribution is 0.321. The Kier molecular flexibility index (Phi) is 3.14. The van der Waals surface area contributed by atoms with Crippen molar-refractivity contribution in [3.63, 3.8) is 0 Å². The minimum atomic E-state index is 0.742. The number of nitrogens with two attached hydrogens (primary N) is 1.